The van der Waals surface area contributed by atoms with Crippen molar-refractivity contribution in [1.82, 2.24) is 25.1 Å². The third kappa shape index (κ3) is 3.24. The molecule has 8 heteroatoms. The molecule has 27 heavy (non-hydrogen) atoms. The van der Waals surface area contributed by atoms with Gasteiger partial charge >= 0.3 is 0 Å². The van der Waals surface area contributed by atoms with Crippen molar-refractivity contribution in [2.45, 2.75) is 20.4 Å². The van der Waals surface area contributed by atoms with Crippen LogP contribution in [0.1, 0.15) is 16.8 Å². The van der Waals surface area contributed by atoms with Crippen molar-refractivity contribution in [3.63, 3.8) is 0 Å². The lowest BCUT2D eigenvalue weighted by molar-refractivity contribution is 1.00. The summed E-state index contributed by atoms with van der Waals surface area (Å²) in [6, 6.07) is 9.65. The molecule has 1 aromatic carbocycles. The standard InChI is InChI=1S/C19H19N7O/c1-10-7-11(2)23-18(27)14(10)9-21-17-13-4-3-12(15-5-6-22-26-15)8-16(13)24-19(20)25-17/h3-8H,9H2,1-2H3,(H,22,26)(H,23,27)(H3,20,21,24,25). The van der Waals surface area contributed by atoms with Crippen LogP contribution in [-0.4, -0.2) is 25.1 Å². The molecular formula is C19H19N7O. The van der Waals surface area contributed by atoms with E-state index in [4.69, 9.17) is 5.73 Å². The molecular weight excluding hydrogens is 342 g/mol. The van der Waals surface area contributed by atoms with Crippen LogP contribution in [0.25, 0.3) is 22.2 Å². The molecule has 8 nitrogen and oxygen atoms in total. The van der Waals surface area contributed by atoms with Crippen LogP contribution in [0.5, 0.6) is 0 Å². The number of benzene rings is 1. The number of fused-ring (bicyclic) bond motifs is 1. The van der Waals surface area contributed by atoms with E-state index in [9.17, 15) is 4.79 Å². The second-order valence-corrected chi connectivity index (χ2v) is 6.43. The second kappa shape index (κ2) is 6.56. The highest BCUT2D eigenvalue weighted by atomic mass is 16.1. The Morgan fingerprint density at radius 3 is 2.74 bits per heavy atom. The van der Waals surface area contributed by atoms with E-state index in [2.05, 4.69) is 30.5 Å². The first-order chi connectivity index (χ1) is 13.0. The van der Waals surface area contributed by atoms with Crippen molar-refractivity contribution in [3.8, 4) is 11.3 Å². The smallest absolute Gasteiger partial charge is 0.253 e. The summed E-state index contributed by atoms with van der Waals surface area (Å²) in [5.74, 6) is 0.759. The zero-order valence-corrected chi connectivity index (χ0v) is 15.0. The number of nitrogens with zero attached hydrogens (tertiary/aromatic N) is 3. The highest BCUT2D eigenvalue weighted by molar-refractivity contribution is 5.92. The van der Waals surface area contributed by atoms with Crippen molar-refractivity contribution in [2.24, 2.45) is 0 Å². The third-order valence-electron chi connectivity index (χ3n) is 4.45. The summed E-state index contributed by atoms with van der Waals surface area (Å²) in [5.41, 5.74) is 10.8. The number of H-pyrrole nitrogens is 2. The maximum Gasteiger partial charge on any atom is 0.253 e. The number of nitrogen functional groups attached to an aromatic ring is 1. The van der Waals surface area contributed by atoms with Crippen molar-refractivity contribution in [2.75, 3.05) is 11.1 Å². The Kier molecular flexibility index (Phi) is 4.08. The van der Waals surface area contributed by atoms with Crippen LogP contribution in [0.15, 0.2) is 41.3 Å². The fraction of sp³-hybridized carbons (Fsp3) is 0.158. The lowest BCUT2D eigenvalue weighted by atomic mass is 10.1. The maximum atomic E-state index is 12.2. The topological polar surface area (TPSA) is 125 Å². The molecule has 0 atom stereocenters. The fourth-order valence-corrected chi connectivity index (χ4v) is 3.14. The van der Waals surface area contributed by atoms with E-state index in [0.29, 0.717) is 23.4 Å². The molecule has 4 rings (SSSR count). The molecule has 0 bridgehead atoms. The molecule has 4 aromatic rings. The molecule has 3 heterocycles. The highest BCUT2D eigenvalue weighted by Gasteiger charge is 2.11. The molecule has 0 radical (unpaired) electrons. The number of anilines is 2. The Morgan fingerprint density at radius 2 is 2.00 bits per heavy atom. The van der Waals surface area contributed by atoms with Gasteiger partial charge < -0.3 is 16.0 Å². The Balaban J connectivity index is 1.71. The zero-order valence-electron chi connectivity index (χ0n) is 15.0. The minimum atomic E-state index is -0.104. The average Bonchev–Trinajstić information content (AvgIpc) is 3.14. The highest BCUT2D eigenvalue weighted by Crippen LogP contribution is 2.26. The molecule has 136 valence electrons. The minimum absolute atomic E-state index is 0.104. The maximum absolute atomic E-state index is 12.2. The average molecular weight is 361 g/mol. The molecule has 0 saturated carbocycles. The number of aryl methyl sites for hydroxylation is 2. The van der Waals surface area contributed by atoms with Crippen molar-refractivity contribution in [1.29, 1.82) is 0 Å². The van der Waals surface area contributed by atoms with E-state index in [1.165, 1.54) is 0 Å². The van der Waals surface area contributed by atoms with Gasteiger partial charge in [-0.25, -0.2) is 4.98 Å². The molecule has 0 amide bonds. The van der Waals surface area contributed by atoms with Gasteiger partial charge in [-0.3, -0.25) is 9.89 Å². The Morgan fingerprint density at radius 1 is 1.15 bits per heavy atom. The molecule has 0 fully saturated rings. The fourth-order valence-electron chi connectivity index (χ4n) is 3.14. The van der Waals surface area contributed by atoms with E-state index in [1.807, 2.05) is 44.2 Å². The monoisotopic (exact) mass is 361 g/mol. The van der Waals surface area contributed by atoms with Gasteiger partial charge in [-0.05, 0) is 43.7 Å². The predicted octanol–water partition coefficient (Wildman–Crippen LogP) is 2.52. The van der Waals surface area contributed by atoms with Crippen LogP contribution in [0.2, 0.25) is 0 Å². The van der Waals surface area contributed by atoms with Crippen LogP contribution < -0.4 is 16.6 Å². The Hall–Kier alpha value is -3.68. The molecule has 5 N–H and O–H groups in total. The van der Waals surface area contributed by atoms with E-state index < -0.39 is 0 Å². The largest absolute Gasteiger partial charge is 0.368 e. The first-order valence-electron chi connectivity index (χ1n) is 8.51. The van der Waals surface area contributed by atoms with E-state index >= 15 is 0 Å². The molecule has 0 unspecified atom stereocenters. The van der Waals surface area contributed by atoms with E-state index in [-0.39, 0.29) is 11.5 Å². The summed E-state index contributed by atoms with van der Waals surface area (Å²) in [6.45, 7) is 4.12. The Labute approximate surface area is 154 Å². The predicted molar refractivity (Wildman–Crippen MR) is 105 cm³/mol. The SMILES string of the molecule is Cc1cc(C)c(CNc2nc(N)nc3cc(-c4ccn[nH]4)ccc23)c(=O)[nH]1. The van der Waals surface area contributed by atoms with Gasteiger partial charge in [-0.1, -0.05) is 6.07 Å². The molecule has 0 aliphatic rings. The number of aromatic nitrogens is 5. The van der Waals surface area contributed by atoms with Crippen molar-refractivity contribution >= 4 is 22.7 Å². The summed E-state index contributed by atoms with van der Waals surface area (Å²) >= 11 is 0. The zero-order chi connectivity index (χ0) is 19.0. The molecule has 0 spiro atoms. The quantitative estimate of drug-likeness (QED) is 0.442. The minimum Gasteiger partial charge on any atom is -0.368 e. The molecule has 0 aliphatic carbocycles. The molecule has 0 aliphatic heterocycles. The van der Waals surface area contributed by atoms with Gasteiger partial charge in [0.2, 0.25) is 5.95 Å². The number of nitrogens with two attached hydrogens (primary N) is 1. The second-order valence-electron chi connectivity index (χ2n) is 6.43. The normalized spacial score (nSPS) is 11.0. The van der Waals surface area contributed by atoms with Crippen LogP contribution in [-0.2, 0) is 6.54 Å². The lowest BCUT2D eigenvalue weighted by Gasteiger charge is -2.11. The van der Waals surface area contributed by atoms with Gasteiger partial charge in [0.15, 0.2) is 0 Å². The van der Waals surface area contributed by atoms with Gasteiger partial charge in [-0.15, -0.1) is 0 Å². The molecule has 0 saturated heterocycles. The first-order valence-corrected chi connectivity index (χ1v) is 8.51. The van der Waals surface area contributed by atoms with Gasteiger partial charge in [0.25, 0.3) is 5.56 Å². The van der Waals surface area contributed by atoms with Gasteiger partial charge in [0, 0.05) is 34.9 Å². The summed E-state index contributed by atoms with van der Waals surface area (Å²) in [4.78, 5) is 23.7. The number of pyridine rings is 1. The van der Waals surface area contributed by atoms with Crippen molar-refractivity contribution in [3.05, 3.63) is 63.7 Å². The first kappa shape index (κ1) is 16.8. The third-order valence-corrected chi connectivity index (χ3v) is 4.45. The van der Waals surface area contributed by atoms with E-state index in [0.717, 1.165) is 27.9 Å². The van der Waals surface area contributed by atoms with E-state index in [1.54, 1.807) is 6.20 Å². The lowest BCUT2D eigenvalue weighted by Crippen LogP contribution is -2.19. The van der Waals surface area contributed by atoms with Crippen LogP contribution in [0.3, 0.4) is 0 Å². The van der Waals surface area contributed by atoms with Crippen LogP contribution >= 0.6 is 0 Å². The van der Waals surface area contributed by atoms with Gasteiger partial charge in [0.05, 0.1) is 11.2 Å². The number of nitrogens with one attached hydrogen (secondary N) is 3. The number of hydrogen-bond donors (Lipinski definition) is 4. The van der Waals surface area contributed by atoms with Crippen molar-refractivity contribution < 1.29 is 0 Å². The number of aromatic amines is 2. The summed E-state index contributed by atoms with van der Waals surface area (Å²) in [6.07, 6.45) is 1.70. The molecule has 3 aromatic heterocycles. The summed E-state index contributed by atoms with van der Waals surface area (Å²) < 4.78 is 0. The number of rotatable bonds is 4. The van der Waals surface area contributed by atoms with Gasteiger partial charge in [-0.2, -0.15) is 10.1 Å². The summed E-state index contributed by atoms with van der Waals surface area (Å²) in [5, 5.41) is 11.0. The van der Waals surface area contributed by atoms with Crippen LogP contribution in [0, 0.1) is 13.8 Å². The number of hydrogen-bond acceptors (Lipinski definition) is 6. The Bertz CT molecular complexity index is 1180. The van der Waals surface area contributed by atoms with Gasteiger partial charge in [0.1, 0.15) is 5.82 Å². The summed E-state index contributed by atoms with van der Waals surface area (Å²) in [7, 11) is 0. The van der Waals surface area contributed by atoms with Crippen LogP contribution in [0.4, 0.5) is 11.8 Å².